The maximum atomic E-state index is 11.2. The molecule has 3 rings (SSSR count). The molecular weight excluding hydrogens is 290 g/mol. The van der Waals surface area contributed by atoms with Gasteiger partial charge in [0.05, 0.1) is 10.3 Å². The van der Waals surface area contributed by atoms with E-state index in [1.54, 1.807) is 12.1 Å². The van der Waals surface area contributed by atoms with Gasteiger partial charge in [0.2, 0.25) is 0 Å². The van der Waals surface area contributed by atoms with Crippen LogP contribution >= 0.6 is 11.8 Å². The van der Waals surface area contributed by atoms with E-state index in [4.69, 9.17) is 0 Å². The average molecular weight is 305 g/mol. The van der Waals surface area contributed by atoms with Crippen molar-refractivity contribution in [2.24, 2.45) is 0 Å². The van der Waals surface area contributed by atoms with Crippen LogP contribution in [0, 0.1) is 10.1 Å². The van der Waals surface area contributed by atoms with E-state index in [-0.39, 0.29) is 11.4 Å². The van der Waals surface area contributed by atoms with Crippen molar-refractivity contribution in [2.45, 2.75) is 6.54 Å². The van der Waals surface area contributed by atoms with Crippen LogP contribution in [0.25, 0.3) is 10.9 Å². The predicted octanol–water partition coefficient (Wildman–Crippen LogP) is 2.40. The third-order valence-corrected chi connectivity index (χ3v) is 4.56. The molecule has 0 atom stereocenters. The van der Waals surface area contributed by atoms with E-state index in [9.17, 15) is 15.2 Å². The van der Waals surface area contributed by atoms with Crippen molar-refractivity contribution in [3.05, 3.63) is 40.1 Å². The van der Waals surface area contributed by atoms with Crippen LogP contribution in [0.1, 0.15) is 5.56 Å². The number of nitro groups is 1. The summed E-state index contributed by atoms with van der Waals surface area (Å²) < 4.78 is 0. The van der Waals surface area contributed by atoms with Crippen molar-refractivity contribution in [3.63, 3.8) is 0 Å². The zero-order chi connectivity index (χ0) is 14.8. The van der Waals surface area contributed by atoms with E-state index < -0.39 is 4.92 Å². The minimum absolute atomic E-state index is 0.00251. The number of nitrogens with zero attached hydrogens (tertiary/aromatic N) is 3. The highest BCUT2D eigenvalue weighted by molar-refractivity contribution is 7.99. The lowest BCUT2D eigenvalue weighted by Crippen LogP contribution is -2.32. The van der Waals surface area contributed by atoms with Crippen molar-refractivity contribution < 1.29 is 10.0 Å². The number of phenols is 1. The Morgan fingerprint density at radius 1 is 1.43 bits per heavy atom. The van der Waals surface area contributed by atoms with Crippen LogP contribution in [0.4, 0.5) is 5.69 Å². The van der Waals surface area contributed by atoms with Crippen LogP contribution < -0.4 is 0 Å². The van der Waals surface area contributed by atoms with Crippen molar-refractivity contribution >= 4 is 28.4 Å². The second-order valence-corrected chi connectivity index (χ2v) is 6.17. The molecule has 0 amide bonds. The molecule has 1 aliphatic rings. The molecule has 7 heteroatoms. The van der Waals surface area contributed by atoms with Crippen molar-refractivity contribution in [2.75, 3.05) is 24.6 Å². The summed E-state index contributed by atoms with van der Waals surface area (Å²) in [6, 6.07) is 4.72. The predicted molar refractivity (Wildman–Crippen MR) is 82.7 cm³/mol. The van der Waals surface area contributed by atoms with Gasteiger partial charge in [-0.15, -0.1) is 0 Å². The normalized spacial score (nSPS) is 16.2. The highest BCUT2D eigenvalue weighted by Crippen LogP contribution is 2.35. The molecule has 0 spiro atoms. The van der Waals surface area contributed by atoms with Gasteiger partial charge in [-0.05, 0) is 12.1 Å². The first-order valence-corrected chi connectivity index (χ1v) is 7.86. The first-order valence-electron chi connectivity index (χ1n) is 6.71. The van der Waals surface area contributed by atoms with Gasteiger partial charge in [-0.1, -0.05) is 0 Å². The molecule has 2 aromatic rings. The molecule has 1 N–H and O–H groups in total. The summed E-state index contributed by atoms with van der Waals surface area (Å²) in [4.78, 5) is 17.1. The molecule has 1 aliphatic heterocycles. The third-order valence-electron chi connectivity index (χ3n) is 3.62. The van der Waals surface area contributed by atoms with E-state index >= 15 is 0 Å². The van der Waals surface area contributed by atoms with Crippen molar-refractivity contribution in [1.82, 2.24) is 9.88 Å². The largest absolute Gasteiger partial charge is 0.505 e. The topological polar surface area (TPSA) is 79.5 Å². The van der Waals surface area contributed by atoms with E-state index in [1.807, 2.05) is 11.8 Å². The summed E-state index contributed by atoms with van der Waals surface area (Å²) >= 11 is 1.90. The monoisotopic (exact) mass is 305 g/mol. The SMILES string of the molecule is O=[N+]([O-])c1cc(CN2CCSCC2)c(O)c2ncccc12. The Morgan fingerprint density at radius 2 is 2.19 bits per heavy atom. The van der Waals surface area contributed by atoms with Gasteiger partial charge in [-0.2, -0.15) is 11.8 Å². The highest BCUT2D eigenvalue weighted by Gasteiger charge is 2.21. The molecule has 1 saturated heterocycles. The Balaban J connectivity index is 2.05. The Labute approximate surface area is 125 Å². The number of thioether (sulfide) groups is 1. The average Bonchev–Trinajstić information content (AvgIpc) is 2.51. The Hall–Kier alpha value is -1.86. The molecule has 6 nitrogen and oxygen atoms in total. The van der Waals surface area contributed by atoms with Crippen LogP contribution in [-0.4, -0.2) is 44.5 Å². The molecule has 0 bridgehead atoms. The lowest BCUT2D eigenvalue weighted by molar-refractivity contribution is -0.383. The Bertz CT molecular complexity index is 686. The van der Waals surface area contributed by atoms with Crippen LogP contribution in [0.15, 0.2) is 24.4 Å². The van der Waals surface area contributed by atoms with Crippen LogP contribution in [0.3, 0.4) is 0 Å². The number of nitro benzene ring substituents is 1. The highest BCUT2D eigenvalue weighted by atomic mass is 32.2. The van der Waals surface area contributed by atoms with Crippen LogP contribution in [0.5, 0.6) is 5.75 Å². The molecule has 1 fully saturated rings. The van der Waals surface area contributed by atoms with Gasteiger partial charge in [0.15, 0.2) is 0 Å². The smallest absolute Gasteiger partial charge is 0.279 e. The van der Waals surface area contributed by atoms with Crippen molar-refractivity contribution in [3.8, 4) is 5.75 Å². The minimum atomic E-state index is -0.418. The number of non-ortho nitro benzene ring substituents is 1. The van der Waals surface area contributed by atoms with E-state index in [0.29, 0.717) is 23.0 Å². The summed E-state index contributed by atoms with van der Waals surface area (Å²) in [6.07, 6.45) is 1.53. The molecule has 21 heavy (non-hydrogen) atoms. The van der Waals surface area contributed by atoms with Gasteiger partial charge >= 0.3 is 0 Å². The third kappa shape index (κ3) is 2.79. The van der Waals surface area contributed by atoms with E-state index in [0.717, 1.165) is 24.6 Å². The first-order chi connectivity index (χ1) is 10.2. The molecular formula is C14H15N3O3S. The zero-order valence-electron chi connectivity index (χ0n) is 11.4. The minimum Gasteiger partial charge on any atom is -0.505 e. The number of aromatic hydroxyl groups is 1. The second kappa shape index (κ2) is 5.87. The maximum absolute atomic E-state index is 11.2. The summed E-state index contributed by atoms with van der Waals surface area (Å²) in [5.41, 5.74) is 0.866. The van der Waals surface area contributed by atoms with Crippen LogP contribution in [-0.2, 0) is 6.54 Å². The summed E-state index contributed by atoms with van der Waals surface area (Å²) in [5, 5.41) is 22.0. The Morgan fingerprint density at radius 3 is 2.90 bits per heavy atom. The lowest BCUT2D eigenvalue weighted by atomic mass is 10.1. The fraction of sp³-hybridized carbons (Fsp3) is 0.357. The number of hydrogen-bond donors (Lipinski definition) is 1. The lowest BCUT2D eigenvalue weighted by Gasteiger charge is -2.26. The molecule has 110 valence electrons. The van der Waals surface area contributed by atoms with Gasteiger partial charge in [0, 0.05) is 49.0 Å². The van der Waals surface area contributed by atoms with Gasteiger partial charge in [-0.25, -0.2) is 0 Å². The maximum Gasteiger partial charge on any atom is 0.279 e. The van der Waals surface area contributed by atoms with E-state index in [2.05, 4.69) is 9.88 Å². The number of fused-ring (bicyclic) bond motifs is 1. The molecule has 0 aliphatic carbocycles. The zero-order valence-corrected chi connectivity index (χ0v) is 12.2. The number of benzene rings is 1. The molecule has 0 saturated carbocycles. The van der Waals surface area contributed by atoms with Crippen LogP contribution in [0.2, 0.25) is 0 Å². The quantitative estimate of drug-likeness (QED) is 0.693. The molecule has 1 aromatic heterocycles. The van der Waals surface area contributed by atoms with Gasteiger partial charge in [0.1, 0.15) is 11.3 Å². The van der Waals surface area contributed by atoms with Gasteiger partial charge in [0.25, 0.3) is 5.69 Å². The fourth-order valence-corrected chi connectivity index (χ4v) is 3.51. The van der Waals surface area contributed by atoms with Crippen molar-refractivity contribution in [1.29, 1.82) is 0 Å². The standard InChI is InChI=1S/C14H15N3O3S/c18-14-10(9-16-4-6-21-7-5-16)8-12(17(19)20)11-2-1-3-15-13(11)14/h1-3,8,18H,4-7,9H2. The summed E-state index contributed by atoms with van der Waals surface area (Å²) in [7, 11) is 0. The molecule has 0 radical (unpaired) electrons. The number of aromatic nitrogens is 1. The van der Waals surface area contributed by atoms with E-state index in [1.165, 1.54) is 12.3 Å². The summed E-state index contributed by atoms with van der Waals surface area (Å²) in [5.74, 6) is 2.15. The molecule has 0 unspecified atom stereocenters. The number of pyridine rings is 1. The Kier molecular flexibility index (Phi) is 3.94. The molecule has 2 heterocycles. The van der Waals surface area contributed by atoms with Gasteiger partial charge < -0.3 is 5.11 Å². The summed E-state index contributed by atoms with van der Waals surface area (Å²) in [6.45, 7) is 2.37. The molecule has 1 aromatic carbocycles. The fourth-order valence-electron chi connectivity index (χ4n) is 2.54. The van der Waals surface area contributed by atoms with Gasteiger partial charge in [-0.3, -0.25) is 20.0 Å². The first kappa shape index (κ1) is 14.1. The number of rotatable bonds is 3. The number of phenolic OH excluding ortho intramolecular Hbond substituents is 1. The number of hydrogen-bond acceptors (Lipinski definition) is 6. The second-order valence-electron chi connectivity index (χ2n) is 4.95.